The van der Waals surface area contributed by atoms with E-state index in [9.17, 15) is 0 Å². The molecule has 0 aromatic heterocycles. The molecule has 0 heterocycles. The average molecular weight is 348 g/mol. The largest absolute Gasteiger partial charge is 0.388 e. The summed E-state index contributed by atoms with van der Waals surface area (Å²) < 4.78 is 0. The fourth-order valence-corrected chi connectivity index (χ4v) is 4.28. The zero-order valence-corrected chi connectivity index (χ0v) is 17.1. The molecule has 0 aromatic rings. The molecule has 1 aliphatic carbocycles. The molecule has 0 amide bonds. The average Bonchev–Trinajstić information content (AvgIpc) is 3.25. The van der Waals surface area contributed by atoms with Crippen LogP contribution in [0, 0.1) is 11.8 Å². The van der Waals surface area contributed by atoms with Crippen LogP contribution in [0.4, 0.5) is 0 Å². The van der Waals surface area contributed by atoms with Gasteiger partial charge in [0.2, 0.25) is 0 Å². The zero-order chi connectivity index (χ0) is 18.2. The van der Waals surface area contributed by atoms with Gasteiger partial charge in [0, 0.05) is 17.1 Å². The number of hydrogen-bond acceptors (Lipinski definition) is 1. The summed E-state index contributed by atoms with van der Waals surface area (Å²) in [7, 11) is -1.18. The van der Waals surface area contributed by atoms with Gasteiger partial charge in [0.1, 0.15) is 0 Å². The monoisotopic (exact) mass is 347 g/mol. The van der Waals surface area contributed by atoms with E-state index in [1.165, 1.54) is 48.3 Å². The van der Waals surface area contributed by atoms with Crippen molar-refractivity contribution < 1.29 is 0 Å². The van der Waals surface area contributed by atoms with E-state index in [1.807, 2.05) is 6.92 Å². The van der Waals surface area contributed by atoms with E-state index in [4.69, 9.17) is 0 Å². The second kappa shape index (κ2) is 9.98. The molecular formula is C22H37NS. The van der Waals surface area contributed by atoms with E-state index in [0.29, 0.717) is 0 Å². The van der Waals surface area contributed by atoms with Gasteiger partial charge >= 0.3 is 0 Å². The van der Waals surface area contributed by atoms with Crippen LogP contribution < -0.4 is 5.32 Å². The predicted molar refractivity (Wildman–Crippen MR) is 117 cm³/mol. The van der Waals surface area contributed by atoms with Gasteiger partial charge in [-0.25, -0.2) is 0 Å². The van der Waals surface area contributed by atoms with Crippen LogP contribution >= 0.6 is 9.21 Å². The second-order valence-electron chi connectivity index (χ2n) is 7.32. The fourth-order valence-electron chi connectivity index (χ4n) is 3.00. The van der Waals surface area contributed by atoms with E-state index in [0.717, 1.165) is 18.4 Å². The smallest absolute Gasteiger partial charge is 0.0203 e. The molecule has 0 aromatic carbocycles. The summed E-state index contributed by atoms with van der Waals surface area (Å²) in [5.74, 6) is 10.0. The van der Waals surface area contributed by atoms with Gasteiger partial charge in [0.15, 0.2) is 0 Å². The lowest BCUT2D eigenvalue weighted by Crippen LogP contribution is -2.14. The van der Waals surface area contributed by atoms with Crippen molar-refractivity contribution >= 4 is 20.9 Å². The number of allylic oxidation sites excluding steroid dienone is 6. The Morgan fingerprint density at radius 3 is 2.46 bits per heavy atom. The zero-order valence-electron chi connectivity index (χ0n) is 16.2. The van der Waals surface area contributed by atoms with Crippen molar-refractivity contribution in [2.75, 3.05) is 12.8 Å². The molecule has 2 atom stereocenters. The molecule has 136 valence electrons. The SMILES string of the molecule is C=C(C)C1CC1/C=C\CCCCCN/C(C)=C(/C=C\C)S(=C)(=C)C. The topological polar surface area (TPSA) is 12.0 Å². The molecule has 0 spiro atoms. The molecule has 1 aliphatic rings. The summed E-state index contributed by atoms with van der Waals surface area (Å²) in [6.07, 6.45) is 17.4. The van der Waals surface area contributed by atoms with Crippen molar-refractivity contribution in [2.24, 2.45) is 11.8 Å². The molecule has 0 saturated heterocycles. The molecule has 0 bridgehead atoms. The number of nitrogens with one attached hydrogen (secondary N) is 1. The molecule has 0 aliphatic heterocycles. The van der Waals surface area contributed by atoms with Gasteiger partial charge in [0.05, 0.1) is 0 Å². The Bertz CT molecular complexity index is 602. The Balaban J connectivity index is 2.20. The van der Waals surface area contributed by atoms with Gasteiger partial charge in [-0.2, -0.15) is 9.21 Å². The maximum atomic E-state index is 4.23. The first kappa shape index (κ1) is 20.9. The highest BCUT2D eigenvalue weighted by Gasteiger charge is 2.34. The third-order valence-electron chi connectivity index (χ3n) is 4.51. The third kappa shape index (κ3) is 7.61. The van der Waals surface area contributed by atoms with E-state index in [-0.39, 0.29) is 0 Å². The summed E-state index contributed by atoms with van der Waals surface area (Å²) >= 11 is 0. The van der Waals surface area contributed by atoms with Crippen LogP contribution in [0.2, 0.25) is 0 Å². The van der Waals surface area contributed by atoms with Crippen LogP contribution in [0.15, 0.2) is 47.1 Å². The molecule has 24 heavy (non-hydrogen) atoms. The van der Waals surface area contributed by atoms with E-state index >= 15 is 0 Å². The lowest BCUT2D eigenvalue weighted by atomic mass is 10.1. The van der Waals surface area contributed by atoms with Crippen LogP contribution in [-0.4, -0.2) is 24.5 Å². The predicted octanol–water partition coefficient (Wildman–Crippen LogP) is 6.01. The fraction of sp³-hybridized carbons (Fsp3) is 0.545. The Morgan fingerprint density at radius 1 is 1.21 bits per heavy atom. The van der Waals surface area contributed by atoms with Crippen molar-refractivity contribution in [3.8, 4) is 0 Å². The molecule has 1 N–H and O–H groups in total. The highest BCUT2D eigenvalue weighted by Crippen LogP contribution is 2.44. The Kier molecular flexibility index (Phi) is 8.69. The first-order valence-electron chi connectivity index (χ1n) is 9.11. The maximum Gasteiger partial charge on any atom is 0.0203 e. The summed E-state index contributed by atoms with van der Waals surface area (Å²) in [5.41, 5.74) is 2.58. The van der Waals surface area contributed by atoms with Crippen molar-refractivity contribution in [3.63, 3.8) is 0 Å². The van der Waals surface area contributed by atoms with E-state index in [2.05, 4.69) is 68.0 Å². The first-order valence-corrected chi connectivity index (χ1v) is 11.5. The van der Waals surface area contributed by atoms with Gasteiger partial charge < -0.3 is 5.32 Å². The Labute approximate surface area is 151 Å². The molecule has 1 nitrogen and oxygen atoms in total. The Hall–Kier alpha value is -1.15. The molecule has 2 heteroatoms. The minimum absolute atomic E-state index is 0.764. The van der Waals surface area contributed by atoms with Gasteiger partial charge in [0.25, 0.3) is 0 Å². The lowest BCUT2D eigenvalue weighted by Gasteiger charge is -2.16. The minimum Gasteiger partial charge on any atom is -0.388 e. The molecule has 1 fully saturated rings. The molecular weight excluding hydrogens is 310 g/mol. The quantitative estimate of drug-likeness (QED) is 0.209. The highest BCUT2D eigenvalue weighted by atomic mass is 32.2. The van der Waals surface area contributed by atoms with Crippen molar-refractivity contribution in [1.82, 2.24) is 5.32 Å². The van der Waals surface area contributed by atoms with Gasteiger partial charge in [-0.1, -0.05) is 54.6 Å². The van der Waals surface area contributed by atoms with Crippen molar-refractivity contribution in [1.29, 1.82) is 0 Å². The van der Waals surface area contributed by atoms with Crippen LogP contribution in [0.25, 0.3) is 0 Å². The summed E-state index contributed by atoms with van der Waals surface area (Å²) in [6, 6.07) is 0. The van der Waals surface area contributed by atoms with Crippen LogP contribution in [0.3, 0.4) is 0 Å². The van der Waals surface area contributed by atoms with Crippen LogP contribution in [0.5, 0.6) is 0 Å². The van der Waals surface area contributed by atoms with Crippen molar-refractivity contribution in [2.45, 2.75) is 52.9 Å². The molecule has 0 radical (unpaired) electrons. The maximum absolute atomic E-state index is 4.23. The Morgan fingerprint density at radius 2 is 1.92 bits per heavy atom. The summed E-state index contributed by atoms with van der Waals surface area (Å²) in [6.45, 7) is 11.4. The van der Waals surface area contributed by atoms with Crippen molar-refractivity contribution in [3.05, 3.63) is 47.1 Å². The van der Waals surface area contributed by atoms with Gasteiger partial charge in [-0.3, -0.25) is 0 Å². The lowest BCUT2D eigenvalue weighted by molar-refractivity contribution is 0.647. The number of hydrogen-bond donors (Lipinski definition) is 1. The normalized spacial score (nSPS) is 22.0. The summed E-state index contributed by atoms with van der Waals surface area (Å²) in [4.78, 5) is 1.27. The molecule has 2 unspecified atom stereocenters. The third-order valence-corrected chi connectivity index (χ3v) is 6.02. The minimum atomic E-state index is -1.18. The standard InChI is InChI=1S/C22H37NS/c1-8-14-22(24(5,6)7)19(4)23-16-13-11-9-10-12-15-20-17-21(20)18(2)3/h8,12,14-15,20-21,23H,2,5-6,9-11,13,16-17H2,1,3-4,7H3/b14-8-,15-12-,22-19-. The molecule has 1 rings (SSSR count). The molecule has 1 saturated carbocycles. The second-order valence-corrected chi connectivity index (χ2v) is 10.3. The first-order chi connectivity index (χ1) is 11.3. The highest BCUT2D eigenvalue weighted by molar-refractivity contribution is 8.30. The van der Waals surface area contributed by atoms with Gasteiger partial charge in [-0.15, -0.1) is 0 Å². The van der Waals surface area contributed by atoms with E-state index < -0.39 is 9.21 Å². The van der Waals surface area contributed by atoms with Crippen LogP contribution in [0.1, 0.15) is 52.9 Å². The van der Waals surface area contributed by atoms with Gasteiger partial charge in [-0.05, 0) is 64.5 Å². The number of rotatable bonds is 11. The van der Waals surface area contributed by atoms with Crippen LogP contribution in [-0.2, 0) is 0 Å². The van der Waals surface area contributed by atoms with E-state index in [1.54, 1.807) is 0 Å². The number of unbranched alkanes of at least 4 members (excludes halogenated alkanes) is 3. The summed E-state index contributed by atoms with van der Waals surface area (Å²) in [5, 5.41) is 3.55.